The van der Waals surface area contributed by atoms with Gasteiger partial charge in [-0.25, -0.2) is 0 Å². The summed E-state index contributed by atoms with van der Waals surface area (Å²) < 4.78 is 0. The van der Waals surface area contributed by atoms with Gasteiger partial charge in [0, 0.05) is 32.7 Å². The highest BCUT2D eigenvalue weighted by Crippen LogP contribution is 2.22. The molecule has 4 heteroatoms. The Morgan fingerprint density at radius 1 is 0.224 bits per heavy atom. The third-order valence-electron chi connectivity index (χ3n) is 20.5. The SMILES string of the molecule is CCCC/C=C\C/C=C\CCCCCCCCN(CCCCCCCC/C=C\C/C=C\CCCCC)CCN1CCN(CCCCCCCC/C=C\C/C=C\CCCC)C(N(CCCCCCCC/C=C\C/C=C\CCCCC)CCCCCCCC/C=C\C/C=C\CCCCC)C1. The van der Waals surface area contributed by atoms with Crippen LogP contribution in [0.3, 0.4) is 0 Å². The maximum atomic E-state index is 3.05. The summed E-state index contributed by atoms with van der Waals surface area (Å²) in [6.45, 7) is 24.1. The molecule has 0 amide bonds. The summed E-state index contributed by atoms with van der Waals surface area (Å²) in [7, 11) is 0. The molecule has 0 aromatic rings. The molecule has 1 heterocycles. The van der Waals surface area contributed by atoms with Crippen LogP contribution in [-0.4, -0.2) is 91.2 Å². The molecule has 0 bridgehead atoms. The van der Waals surface area contributed by atoms with Crippen molar-refractivity contribution < 1.29 is 0 Å². The van der Waals surface area contributed by atoms with Crippen molar-refractivity contribution in [1.82, 2.24) is 19.6 Å². The molecule has 568 valence electrons. The molecule has 1 unspecified atom stereocenters. The number of unbranched alkanes of at least 4 members (excludes halogenated alkanes) is 43. The van der Waals surface area contributed by atoms with Gasteiger partial charge in [-0.1, -0.05) is 349 Å². The molecule has 0 saturated carbocycles. The first-order valence-corrected chi connectivity index (χ1v) is 44.1. The van der Waals surface area contributed by atoms with Crippen LogP contribution in [0.15, 0.2) is 122 Å². The molecular formula is C94H172N4. The molecule has 98 heavy (non-hydrogen) atoms. The largest absolute Gasteiger partial charge is 0.302 e. The summed E-state index contributed by atoms with van der Waals surface area (Å²) in [5.41, 5.74) is 0. The molecular weight excluding hydrogens is 1190 g/mol. The van der Waals surface area contributed by atoms with E-state index >= 15 is 0 Å². The molecule has 1 fully saturated rings. The maximum absolute atomic E-state index is 3.05. The minimum Gasteiger partial charge on any atom is -0.302 e. The number of piperazine rings is 1. The summed E-state index contributed by atoms with van der Waals surface area (Å²) in [5, 5.41) is 0. The Hall–Kier alpha value is -2.76. The smallest absolute Gasteiger partial charge is 0.0754 e. The standard InChI is InChI=1S/C94H172N4/c1-6-11-16-21-26-31-36-41-46-51-55-60-65-70-75-80-85-95(84-79-74-69-64-59-54-49-44-39-34-29-24-19-14-9-4)89-90-96-91-92-98(88-83-78-73-68-63-56-50-45-40-35-30-25-20-15-10-5)94(93-96)97(86-81-76-71-66-61-57-52-47-42-37-32-27-22-17-12-7-2)87-82-77-72-67-62-58-53-48-43-38-33-28-23-18-13-8-3/h24-33,39-48,94H,6-23,34-38,49-93H2,1-5H3/b29-24-,30-25-,31-26-,32-27-,33-28-,44-39-,45-40-,46-41-,47-42-,48-43-. The minimum absolute atomic E-state index is 0.553. The van der Waals surface area contributed by atoms with Crippen LogP contribution in [0.2, 0.25) is 0 Å². The topological polar surface area (TPSA) is 13.0 Å². The molecule has 0 spiro atoms. The molecule has 1 aliphatic heterocycles. The summed E-state index contributed by atoms with van der Waals surface area (Å²) in [6, 6.07) is 0. The summed E-state index contributed by atoms with van der Waals surface area (Å²) in [6.07, 6.45) is 125. The number of allylic oxidation sites excluding steroid dienone is 20. The Bertz CT molecular complexity index is 1810. The minimum atomic E-state index is 0.553. The summed E-state index contributed by atoms with van der Waals surface area (Å²) in [5.74, 6) is 0. The van der Waals surface area contributed by atoms with E-state index in [1.165, 1.54) is 406 Å². The van der Waals surface area contributed by atoms with E-state index < -0.39 is 0 Å². The predicted molar refractivity (Wildman–Crippen MR) is 447 cm³/mol. The highest BCUT2D eigenvalue weighted by molar-refractivity contribution is 4.97. The van der Waals surface area contributed by atoms with E-state index in [1.807, 2.05) is 0 Å². The van der Waals surface area contributed by atoms with Crippen molar-refractivity contribution >= 4 is 0 Å². The van der Waals surface area contributed by atoms with Gasteiger partial charge in [-0.3, -0.25) is 14.7 Å². The molecule has 1 aliphatic rings. The van der Waals surface area contributed by atoms with E-state index in [4.69, 9.17) is 0 Å². The molecule has 0 aliphatic carbocycles. The maximum Gasteiger partial charge on any atom is 0.0754 e. The van der Waals surface area contributed by atoms with Crippen molar-refractivity contribution in [2.45, 2.75) is 413 Å². The average Bonchev–Trinajstić information content (AvgIpc) is 0.852. The molecule has 1 rings (SSSR count). The van der Waals surface area contributed by atoms with Crippen LogP contribution in [0, 0.1) is 0 Å². The fourth-order valence-corrected chi connectivity index (χ4v) is 13.9. The van der Waals surface area contributed by atoms with E-state index in [-0.39, 0.29) is 0 Å². The molecule has 0 aromatic carbocycles. The van der Waals surface area contributed by atoms with Gasteiger partial charge in [0.05, 0.1) is 6.17 Å². The zero-order valence-electron chi connectivity index (χ0n) is 67.0. The number of hydrogen-bond acceptors (Lipinski definition) is 4. The fraction of sp³-hybridized carbons (Fsp3) is 0.787. The lowest BCUT2D eigenvalue weighted by Crippen LogP contribution is -2.61. The summed E-state index contributed by atoms with van der Waals surface area (Å²) >= 11 is 0. The fourth-order valence-electron chi connectivity index (χ4n) is 13.9. The van der Waals surface area contributed by atoms with Gasteiger partial charge in [0.15, 0.2) is 0 Å². The first-order chi connectivity index (χ1) is 48.7. The third kappa shape index (κ3) is 69.0. The quantitative estimate of drug-likeness (QED) is 0.0444. The van der Waals surface area contributed by atoms with Crippen LogP contribution in [0.25, 0.3) is 0 Å². The number of nitrogens with zero attached hydrogens (tertiary/aromatic N) is 4. The third-order valence-corrected chi connectivity index (χ3v) is 20.5. The first-order valence-electron chi connectivity index (χ1n) is 44.1. The monoisotopic (exact) mass is 1360 g/mol. The second-order valence-electron chi connectivity index (χ2n) is 29.9. The van der Waals surface area contributed by atoms with Crippen LogP contribution < -0.4 is 0 Å². The second-order valence-corrected chi connectivity index (χ2v) is 29.9. The second kappa shape index (κ2) is 81.5. The number of hydrogen-bond donors (Lipinski definition) is 0. The van der Waals surface area contributed by atoms with Gasteiger partial charge in [0.1, 0.15) is 0 Å². The predicted octanol–water partition coefficient (Wildman–Crippen LogP) is 29.8. The van der Waals surface area contributed by atoms with E-state index in [1.54, 1.807) is 0 Å². The van der Waals surface area contributed by atoms with Gasteiger partial charge in [0.2, 0.25) is 0 Å². The zero-order valence-corrected chi connectivity index (χ0v) is 67.0. The van der Waals surface area contributed by atoms with Gasteiger partial charge >= 0.3 is 0 Å². The Labute approximate surface area is 616 Å². The van der Waals surface area contributed by atoms with Gasteiger partial charge in [0.25, 0.3) is 0 Å². The Balaban J connectivity index is 3.10. The van der Waals surface area contributed by atoms with Crippen molar-refractivity contribution in [3.05, 3.63) is 122 Å². The number of rotatable bonds is 77. The van der Waals surface area contributed by atoms with Gasteiger partial charge in [-0.15, -0.1) is 0 Å². The molecule has 1 atom stereocenters. The van der Waals surface area contributed by atoms with Crippen LogP contribution in [-0.2, 0) is 0 Å². The van der Waals surface area contributed by atoms with Crippen LogP contribution >= 0.6 is 0 Å². The van der Waals surface area contributed by atoms with Crippen LogP contribution in [0.1, 0.15) is 407 Å². The van der Waals surface area contributed by atoms with E-state index in [2.05, 4.69) is 176 Å². The molecule has 0 N–H and O–H groups in total. The normalized spacial score (nSPS) is 14.9. The van der Waals surface area contributed by atoms with Crippen molar-refractivity contribution in [3.63, 3.8) is 0 Å². The van der Waals surface area contributed by atoms with Gasteiger partial charge in [-0.05, 0) is 213 Å². The van der Waals surface area contributed by atoms with Crippen LogP contribution in [0.5, 0.6) is 0 Å². The Kier molecular flexibility index (Phi) is 77.6. The van der Waals surface area contributed by atoms with Gasteiger partial charge in [-0.2, -0.15) is 0 Å². The zero-order chi connectivity index (χ0) is 70.1. The van der Waals surface area contributed by atoms with E-state index in [0.29, 0.717) is 6.17 Å². The van der Waals surface area contributed by atoms with E-state index in [9.17, 15) is 0 Å². The van der Waals surface area contributed by atoms with Gasteiger partial charge < -0.3 is 4.90 Å². The lowest BCUT2D eigenvalue weighted by atomic mass is 10.1. The highest BCUT2D eigenvalue weighted by atomic mass is 15.4. The lowest BCUT2D eigenvalue weighted by Gasteiger charge is -2.47. The van der Waals surface area contributed by atoms with Crippen LogP contribution in [0.4, 0.5) is 0 Å². The first kappa shape index (κ1) is 93.3. The van der Waals surface area contributed by atoms with E-state index in [0.717, 1.165) is 32.1 Å². The Morgan fingerprint density at radius 3 is 0.765 bits per heavy atom. The van der Waals surface area contributed by atoms with Crippen molar-refractivity contribution in [2.24, 2.45) is 0 Å². The molecule has 0 aromatic heterocycles. The highest BCUT2D eigenvalue weighted by Gasteiger charge is 2.31. The average molecular weight is 1360 g/mol. The Morgan fingerprint density at radius 2 is 0.469 bits per heavy atom. The molecule has 1 saturated heterocycles. The molecule has 4 nitrogen and oxygen atoms in total. The van der Waals surface area contributed by atoms with Crippen molar-refractivity contribution in [3.8, 4) is 0 Å². The lowest BCUT2D eigenvalue weighted by molar-refractivity contribution is -0.0267. The summed E-state index contributed by atoms with van der Waals surface area (Å²) in [4.78, 5) is 11.9. The van der Waals surface area contributed by atoms with Crippen molar-refractivity contribution in [1.29, 1.82) is 0 Å². The van der Waals surface area contributed by atoms with Crippen molar-refractivity contribution in [2.75, 3.05) is 65.4 Å². The molecule has 0 radical (unpaired) electrons.